The van der Waals surface area contributed by atoms with E-state index in [4.69, 9.17) is 5.73 Å². The van der Waals surface area contributed by atoms with E-state index in [9.17, 15) is 19.9 Å². The van der Waals surface area contributed by atoms with Gasteiger partial charge in [0.05, 0.1) is 18.6 Å². The first-order valence-electron chi connectivity index (χ1n) is 9.73. The van der Waals surface area contributed by atoms with Gasteiger partial charge >= 0.3 is 5.97 Å². The normalized spacial score (nSPS) is 18.4. The Hall–Kier alpha value is -3.27. The van der Waals surface area contributed by atoms with Gasteiger partial charge in [0.2, 0.25) is 5.91 Å². The van der Waals surface area contributed by atoms with Gasteiger partial charge < -0.3 is 26.0 Å². The fraction of sp³-hybridized carbons (Fsp3) is 0.227. The first-order chi connectivity index (χ1) is 15.0. The molecule has 1 saturated heterocycles. The number of benzene rings is 2. The quantitative estimate of drug-likeness (QED) is 0.410. The van der Waals surface area contributed by atoms with Gasteiger partial charge in [-0.15, -0.1) is 11.3 Å². The molecule has 9 heteroatoms. The van der Waals surface area contributed by atoms with Gasteiger partial charge in [0.1, 0.15) is 6.04 Å². The highest BCUT2D eigenvalue weighted by atomic mass is 32.1. The zero-order chi connectivity index (χ0) is 22.0. The van der Waals surface area contributed by atoms with Crippen LogP contribution in [0.1, 0.15) is 22.0 Å². The van der Waals surface area contributed by atoms with Crippen molar-refractivity contribution in [1.29, 1.82) is 0 Å². The van der Waals surface area contributed by atoms with Crippen LogP contribution in [0.2, 0.25) is 0 Å². The fourth-order valence-electron chi connectivity index (χ4n) is 3.94. The summed E-state index contributed by atoms with van der Waals surface area (Å²) in [6.07, 6.45) is 1.79. The summed E-state index contributed by atoms with van der Waals surface area (Å²) >= 11 is 1.23. The second-order valence-electron chi connectivity index (χ2n) is 7.35. The molecule has 1 fully saturated rings. The molecule has 1 aliphatic rings. The molecule has 4 rings (SSSR count). The van der Waals surface area contributed by atoms with Crippen molar-refractivity contribution in [3.05, 3.63) is 88.1 Å². The monoisotopic (exact) mass is 437 g/mol. The number of amides is 1. The third kappa shape index (κ3) is 4.29. The fourth-order valence-corrected chi connectivity index (χ4v) is 4.69. The molecule has 3 aromatic rings. The van der Waals surface area contributed by atoms with E-state index >= 15 is 0 Å². The van der Waals surface area contributed by atoms with Crippen LogP contribution in [0.5, 0.6) is 0 Å². The van der Waals surface area contributed by atoms with Crippen molar-refractivity contribution in [1.82, 2.24) is 14.9 Å². The summed E-state index contributed by atoms with van der Waals surface area (Å²) < 4.78 is 0. The minimum Gasteiger partial charge on any atom is -0.783 e. The number of rotatable bonds is 8. The Morgan fingerprint density at radius 2 is 1.74 bits per heavy atom. The predicted molar refractivity (Wildman–Crippen MR) is 117 cm³/mol. The van der Waals surface area contributed by atoms with E-state index in [2.05, 4.69) is 4.98 Å². The number of anilines is 1. The second-order valence-corrected chi connectivity index (χ2v) is 8.50. The number of thiazole rings is 1. The number of hydrogen-bond acceptors (Lipinski definition) is 7. The summed E-state index contributed by atoms with van der Waals surface area (Å²) in [5.74, 6) is -2.23. The van der Waals surface area contributed by atoms with Crippen molar-refractivity contribution in [2.45, 2.75) is 18.5 Å². The zero-order valence-corrected chi connectivity index (χ0v) is 17.3. The van der Waals surface area contributed by atoms with E-state index in [0.717, 1.165) is 26.0 Å². The number of aliphatic carboxylic acids is 1. The lowest BCUT2D eigenvalue weighted by atomic mass is 9.84. The molecule has 2 heterocycles. The molecule has 31 heavy (non-hydrogen) atoms. The Morgan fingerprint density at radius 1 is 1.16 bits per heavy atom. The summed E-state index contributed by atoms with van der Waals surface area (Å²) in [6.45, 7) is -0.342. The maximum absolute atomic E-state index is 13.2. The van der Waals surface area contributed by atoms with E-state index in [0.29, 0.717) is 5.13 Å². The summed E-state index contributed by atoms with van der Waals surface area (Å²) in [4.78, 5) is 30.5. The standard InChI is InChI=1S/C22H21N4O4S/c23-22-24-12-16(31-22)11-17-19(21(28)29)25(20(17)27)13-26(30)18(14-7-3-1-4-8-14)15-9-5-2-6-10-15/h1-10,12,17-19H,11,13H2,(H2,23,24)(H,28,29)/q-1/t17-,19+/m1/s1. The number of aromatic nitrogens is 1. The number of carboxylic acids is 1. The predicted octanol–water partition coefficient (Wildman–Crippen LogP) is 2.73. The van der Waals surface area contributed by atoms with Crippen molar-refractivity contribution in [3.63, 3.8) is 0 Å². The number of likely N-dealkylation sites (tertiary alicyclic amines) is 1. The van der Waals surface area contributed by atoms with Gasteiger partial charge in [-0.2, -0.15) is 0 Å². The second kappa shape index (κ2) is 8.84. The molecule has 1 amide bonds. The molecule has 1 aromatic heterocycles. The van der Waals surface area contributed by atoms with Crippen LogP contribution in [-0.4, -0.2) is 44.6 Å². The SMILES string of the molecule is Nc1ncc(C[C@H]2C(=O)N(CN([O-])C(c3ccccc3)c3ccccc3)[C@@H]2C(=O)O)s1. The van der Waals surface area contributed by atoms with Crippen molar-refractivity contribution in [3.8, 4) is 0 Å². The molecule has 2 aromatic carbocycles. The smallest absolute Gasteiger partial charge is 0.327 e. The van der Waals surface area contributed by atoms with Crippen LogP contribution in [0.4, 0.5) is 5.13 Å². The van der Waals surface area contributed by atoms with Crippen LogP contribution in [0, 0.1) is 11.1 Å². The van der Waals surface area contributed by atoms with Crippen LogP contribution < -0.4 is 5.73 Å². The maximum Gasteiger partial charge on any atom is 0.327 e. The summed E-state index contributed by atoms with van der Waals surface area (Å²) in [5, 5.41) is 24.1. The summed E-state index contributed by atoms with van der Waals surface area (Å²) in [5.41, 5.74) is 7.16. The van der Waals surface area contributed by atoms with Crippen LogP contribution >= 0.6 is 11.3 Å². The Bertz CT molecular complexity index is 1020. The number of hydrogen-bond donors (Lipinski definition) is 2. The molecular weight excluding hydrogens is 416 g/mol. The highest BCUT2D eigenvalue weighted by Gasteiger charge is 2.51. The third-order valence-corrected chi connectivity index (χ3v) is 6.22. The van der Waals surface area contributed by atoms with Crippen LogP contribution in [-0.2, 0) is 16.0 Å². The third-order valence-electron chi connectivity index (χ3n) is 5.37. The van der Waals surface area contributed by atoms with Gasteiger partial charge in [-0.25, -0.2) is 9.78 Å². The number of carboxylic acid groups (broad SMARTS) is 1. The Labute approximate surface area is 183 Å². The lowest BCUT2D eigenvalue weighted by Gasteiger charge is -2.50. The number of β-lactam (4-membered cyclic amide) rings is 1. The summed E-state index contributed by atoms with van der Waals surface area (Å²) in [7, 11) is 0. The number of carbonyl (C=O) groups excluding carboxylic acids is 1. The largest absolute Gasteiger partial charge is 0.783 e. The van der Waals surface area contributed by atoms with Crippen LogP contribution in [0.15, 0.2) is 66.9 Å². The lowest BCUT2D eigenvalue weighted by molar-refractivity contribution is -0.174. The van der Waals surface area contributed by atoms with Crippen molar-refractivity contribution >= 4 is 28.3 Å². The first-order valence-corrected chi connectivity index (χ1v) is 10.5. The molecule has 0 bridgehead atoms. The molecule has 2 atom stereocenters. The van der Waals surface area contributed by atoms with Gasteiger partial charge in [-0.3, -0.25) is 4.79 Å². The van der Waals surface area contributed by atoms with Gasteiger partial charge in [0, 0.05) is 11.1 Å². The van der Waals surface area contributed by atoms with E-state index in [1.807, 2.05) is 60.7 Å². The van der Waals surface area contributed by atoms with Crippen molar-refractivity contribution < 1.29 is 14.7 Å². The Balaban J connectivity index is 1.54. The number of nitrogens with two attached hydrogens (primary N) is 1. The van der Waals surface area contributed by atoms with E-state index in [1.54, 1.807) is 6.20 Å². The van der Waals surface area contributed by atoms with Crippen LogP contribution in [0.3, 0.4) is 0 Å². The molecule has 8 nitrogen and oxygen atoms in total. The molecule has 0 unspecified atom stereocenters. The molecule has 160 valence electrons. The topological polar surface area (TPSA) is 123 Å². The highest BCUT2D eigenvalue weighted by Crippen LogP contribution is 2.35. The minimum absolute atomic E-state index is 0.237. The van der Waals surface area contributed by atoms with E-state index < -0.39 is 24.0 Å². The maximum atomic E-state index is 13.2. The Kier molecular flexibility index (Phi) is 5.99. The van der Waals surface area contributed by atoms with Crippen LogP contribution in [0.25, 0.3) is 0 Å². The number of carbonyl (C=O) groups is 2. The molecular formula is C22H21N4O4S-. The van der Waals surface area contributed by atoms with Gasteiger partial charge in [-0.1, -0.05) is 60.7 Å². The molecule has 1 aliphatic heterocycles. The summed E-state index contributed by atoms with van der Waals surface area (Å²) in [6, 6.07) is 16.7. The minimum atomic E-state index is -1.13. The van der Waals surface area contributed by atoms with E-state index in [1.165, 1.54) is 11.3 Å². The average molecular weight is 438 g/mol. The Morgan fingerprint density at radius 3 is 2.23 bits per heavy atom. The van der Waals surface area contributed by atoms with E-state index in [-0.39, 0.29) is 19.0 Å². The molecule has 0 radical (unpaired) electrons. The first kappa shape index (κ1) is 21.0. The van der Waals surface area contributed by atoms with Gasteiger partial charge in [-0.05, 0) is 17.5 Å². The molecule has 3 N–H and O–H groups in total. The van der Waals surface area contributed by atoms with Gasteiger partial charge in [0.15, 0.2) is 5.13 Å². The number of nitrogens with zero attached hydrogens (tertiary/aromatic N) is 3. The van der Waals surface area contributed by atoms with Crippen molar-refractivity contribution in [2.75, 3.05) is 12.4 Å². The van der Waals surface area contributed by atoms with Crippen molar-refractivity contribution in [2.24, 2.45) is 5.92 Å². The molecule has 0 spiro atoms. The van der Waals surface area contributed by atoms with Gasteiger partial charge in [0.25, 0.3) is 0 Å². The highest BCUT2D eigenvalue weighted by molar-refractivity contribution is 7.15. The lowest BCUT2D eigenvalue weighted by Crippen LogP contribution is -2.66. The zero-order valence-electron chi connectivity index (χ0n) is 16.5. The number of hydroxylamine groups is 2. The number of nitrogen functional groups attached to an aromatic ring is 1. The average Bonchev–Trinajstić information content (AvgIpc) is 3.18. The molecule has 0 saturated carbocycles. The molecule has 0 aliphatic carbocycles.